The molecule has 1 amide bonds. The molecule has 1 aliphatic heterocycles. The highest BCUT2D eigenvalue weighted by atomic mass is 32.2. The molecule has 1 heterocycles. The Morgan fingerprint density at radius 2 is 1.76 bits per heavy atom. The van der Waals surface area contributed by atoms with Crippen molar-refractivity contribution < 1.29 is 26.4 Å². The fourth-order valence-electron chi connectivity index (χ4n) is 3.24. The van der Waals surface area contributed by atoms with E-state index in [-0.39, 0.29) is 22.1 Å². The first-order valence-corrected chi connectivity index (χ1v) is 13.0. The van der Waals surface area contributed by atoms with Gasteiger partial charge in [0.2, 0.25) is 15.9 Å². The summed E-state index contributed by atoms with van der Waals surface area (Å²) in [4.78, 5) is 12.5. The fraction of sp³-hybridized carbons (Fsp3) is 0.632. The van der Waals surface area contributed by atoms with Gasteiger partial charge < -0.3 is 10.1 Å². The Balaban J connectivity index is 2.32. The number of nitrogens with zero attached hydrogens (tertiary/aromatic N) is 1. The molecule has 29 heavy (non-hydrogen) atoms. The number of carbonyl (C=O) groups is 1. The number of carbonyl (C=O) groups excluding carboxylic acids is 1. The number of ether oxygens (including phenoxy) is 1. The van der Waals surface area contributed by atoms with Gasteiger partial charge in [-0.25, -0.2) is 16.8 Å². The first kappa shape index (κ1) is 23.6. The summed E-state index contributed by atoms with van der Waals surface area (Å²) in [5, 5.41) is 1.28. The molecule has 164 valence electrons. The SMILES string of the molecule is CCCS(=O)(=O)C(C)C(=O)Nc1cc(S(=O)(=O)N2CCCCCC2)ccc1OC. The summed E-state index contributed by atoms with van der Waals surface area (Å²) >= 11 is 0. The molecule has 0 spiro atoms. The van der Waals surface area contributed by atoms with Gasteiger partial charge in [0.05, 0.1) is 23.4 Å². The summed E-state index contributed by atoms with van der Waals surface area (Å²) in [7, 11) is -5.91. The normalized spacial score (nSPS) is 17.3. The molecule has 1 aromatic carbocycles. The molecule has 2 rings (SSSR count). The number of benzene rings is 1. The highest BCUT2D eigenvalue weighted by Gasteiger charge is 2.29. The van der Waals surface area contributed by atoms with E-state index in [4.69, 9.17) is 4.74 Å². The number of hydrogen-bond donors (Lipinski definition) is 1. The van der Waals surface area contributed by atoms with Crippen LogP contribution in [0.25, 0.3) is 0 Å². The van der Waals surface area contributed by atoms with E-state index in [2.05, 4.69) is 5.32 Å². The lowest BCUT2D eigenvalue weighted by atomic mass is 10.2. The third-order valence-electron chi connectivity index (χ3n) is 5.03. The maximum atomic E-state index is 13.0. The quantitative estimate of drug-likeness (QED) is 0.657. The molecule has 0 radical (unpaired) electrons. The highest BCUT2D eigenvalue weighted by molar-refractivity contribution is 7.92. The molecule has 1 unspecified atom stereocenters. The van der Waals surface area contributed by atoms with Crippen LogP contribution in [0.2, 0.25) is 0 Å². The molecule has 1 saturated heterocycles. The van der Waals surface area contributed by atoms with Crippen molar-refractivity contribution >= 4 is 31.5 Å². The average Bonchev–Trinajstić information content (AvgIpc) is 2.97. The van der Waals surface area contributed by atoms with Gasteiger partial charge >= 0.3 is 0 Å². The van der Waals surface area contributed by atoms with Crippen LogP contribution in [-0.4, -0.2) is 58.3 Å². The van der Waals surface area contributed by atoms with E-state index >= 15 is 0 Å². The lowest BCUT2D eigenvalue weighted by molar-refractivity contribution is -0.115. The van der Waals surface area contributed by atoms with E-state index in [1.165, 1.54) is 36.5 Å². The molecular weight excluding hydrogens is 416 g/mol. The van der Waals surface area contributed by atoms with E-state index in [0.717, 1.165) is 25.7 Å². The van der Waals surface area contributed by atoms with Gasteiger partial charge in [-0.05, 0) is 44.4 Å². The number of nitrogens with one attached hydrogen (secondary N) is 1. The molecule has 0 aromatic heterocycles. The Morgan fingerprint density at radius 1 is 1.14 bits per heavy atom. The largest absolute Gasteiger partial charge is 0.495 e. The van der Waals surface area contributed by atoms with Crippen molar-refractivity contribution in [3.05, 3.63) is 18.2 Å². The summed E-state index contributed by atoms with van der Waals surface area (Å²) in [6.07, 6.45) is 4.03. The molecule has 1 atom stereocenters. The van der Waals surface area contributed by atoms with Crippen molar-refractivity contribution in [2.45, 2.75) is 56.1 Å². The Bertz CT molecular complexity index is 920. The second-order valence-electron chi connectivity index (χ2n) is 7.18. The second kappa shape index (κ2) is 9.90. The van der Waals surface area contributed by atoms with Crippen molar-refractivity contribution in [3.63, 3.8) is 0 Å². The van der Waals surface area contributed by atoms with Crippen molar-refractivity contribution in [2.24, 2.45) is 0 Å². The van der Waals surface area contributed by atoms with Gasteiger partial charge in [0, 0.05) is 13.1 Å². The number of rotatable bonds is 8. The standard InChI is InChI=1S/C19H30N2O6S2/c1-4-13-28(23,24)15(2)19(22)20-17-14-16(9-10-18(17)27-3)29(25,26)21-11-7-5-6-8-12-21/h9-10,14-15H,4-8,11-13H2,1-3H3,(H,20,22). The molecule has 8 nitrogen and oxygen atoms in total. The molecule has 1 aliphatic rings. The third-order valence-corrected chi connectivity index (χ3v) is 9.19. The van der Waals surface area contributed by atoms with Crippen LogP contribution in [0.3, 0.4) is 0 Å². The molecule has 1 aromatic rings. The molecule has 0 aliphatic carbocycles. The van der Waals surface area contributed by atoms with Crippen molar-refractivity contribution in [3.8, 4) is 5.75 Å². The molecule has 1 fully saturated rings. The van der Waals surface area contributed by atoms with Crippen LogP contribution in [0, 0.1) is 0 Å². The van der Waals surface area contributed by atoms with Gasteiger partial charge in [0.25, 0.3) is 0 Å². The maximum Gasteiger partial charge on any atom is 0.243 e. The molecule has 10 heteroatoms. The zero-order chi connectivity index (χ0) is 21.7. The summed E-state index contributed by atoms with van der Waals surface area (Å²) in [6.45, 7) is 3.97. The number of sulfonamides is 1. The number of methoxy groups -OCH3 is 1. The molecule has 0 saturated carbocycles. The highest BCUT2D eigenvalue weighted by Crippen LogP contribution is 2.30. The minimum absolute atomic E-state index is 0.0413. The summed E-state index contributed by atoms with van der Waals surface area (Å²) in [5.74, 6) is -0.559. The van der Waals surface area contributed by atoms with Crippen LogP contribution in [0.1, 0.15) is 46.0 Å². The molecule has 1 N–H and O–H groups in total. The van der Waals surface area contributed by atoms with Crippen LogP contribution in [0.15, 0.2) is 23.1 Å². The third kappa shape index (κ3) is 5.70. The maximum absolute atomic E-state index is 13.0. The number of amides is 1. The smallest absolute Gasteiger partial charge is 0.243 e. The zero-order valence-corrected chi connectivity index (χ0v) is 18.8. The monoisotopic (exact) mass is 446 g/mol. The van der Waals surface area contributed by atoms with Crippen LogP contribution in [0.4, 0.5) is 5.69 Å². The van der Waals surface area contributed by atoms with Crippen LogP contribution in [0.5, 0.6) is 5.75 Å². The predicted molar refractivity (Wildman–Crippen MR) is 112 cm³/mol. The summed E-state index contributed by atoms with van der Waals surface area (Å²) < 4.78 is 57.1. The van der Waals surface area contributed by atoms with Crippen LogP contribution >= 0.6 is 0 Å². The number of hydrogen-bond acceptors (Lipinski definition) is 6. The van der Waals surface area contributed by atoms with Crippen molar-refractivity contribution in [1.29, 1.82) is 0 Å². The van der Waals surface area contributed by atoms with Crippen LogP contribution < -0.4 is 10.1 Å². The fourth-order valence-corrected chi connectivity index (χ4v) is 6.09. The van der Waals surface area contributed by atoms with E-state index in [9.17, 15) is 21.6 Å². The first-order valence-electron chi connectivity index (χ1n) is 9.84. The second-order valence-corrected chi connectivity index (χ2v) is 11.6. The zero-order valence-electron chi connectivity index (χ0n) is 17.2. The molecule has 0 bridgehead atoms. The minimum Gasteiger partial charge on any atom is -0.495 e. The Hall–Kier alpha value is -1.65. The summed E-state index contributed by atoms with van der Waals surface area (Å²) in [5.41, 5.74) is 0.131. The van der Waals surface area contributed by atoms with Gasteiger partial charge in [0.1, 0.15) is 11.0 Å². The average molecular weight is 447 g/mol. The van der Waals surface area contributed by atoms with Crippen LogP contribution in [-0.2, 0) is 24.7 Å². The van der Waals surface area contributed by atoms with Gasteiger partial charge in [-0.15, -0.1) is 0 Å². The van der Waals surface area contributed by atoms with E-state index in [1.54, 1.807) is 6.92 Å². The van der Waals surface area contributed by atoms with Gasteiger partial charge in [-0.3, -0.25) is 4.79 Å². The minimum atomic E-state index is -3.72. The lowest BCUT2D eigenvalue weighted by Crippen LogP contribution is -2.34. The van der Waals surface area contributed by atoms with Gasteiger partial charge in [-0.2, -0.15) is 4.31 Å². The Labute approximate surface area is 173 Å². The Kier molecular flexibility index (Phi) is 8.07. The first-order chi connectivity index (χ1) is 13.6. The molecular formula is C19H30N2O6S2. The Morgan fingerprint density at radius 3 is 2.31 bits per heavy atom. The topological polar surface area (TPSA) is 110 Å². The number of anilines is 1. The van der Waals surface area contributed by atoms with E-state index in [1.807, 2.05) is 0 Å². The number of sulfone groups is 1. The van der Waals surface area contributed by atoms with Crippen molar-refractivity contribution in [2.75, 3.05) is 31.3 Å². The van der Waals surface area contributed by atoms with Gasteiger partial charge in [-0.1, -0.05) is 19.8 Å². The summed E-state index contributed by atoms with van der Waals surface area (Å²) in [6, 6.07) is 4.23. The van der Waals surface area contributed by atoms with Gasteiger partial charge in [0.15, 0.2) is 9.84 Å². The lowest BCUT2D eigenvalue weighted by Gasteiger charge is -2.21. The van der Waals surface area contributed by atoms with E-state index in [0.29, 0.717) is 19.5 Å². The van der Waals surface area contributed by atoms with E-state index < -0.39 is 31.0 Å². The van der Waals surface area contributed by atoms with Crippen molar-refractivity contribution in [1.82, 2.24) is 4.31 Å². The predicted octanol–water partition coefficient (Wildman–Crippen LogP) is 2.41.